The molecule has 1 aliphatic rings. The summed E-state index contributed by atoms with van der Waals surface area (Å²) in [5.41, 5.74) is 1.99. The van der Waals surface area contributed by atoms with Crippen molar-refractivity contribution < 1.29 is 0 Å². The number of hydrogen-bond donors (Lipinski definition) is 0. The smallest absolute Gasteiger partial charge is 0.0994 e. The summed E-state index contributed by atoms with van der Waals surface area (Å²) in [5, 5.41) is 9.01. The van der Waals surface area contributed by atoms with Gasteiger partial charge in [-0.05, 0) is 37.6 Å². The minimum atomic E-state index is 0.822. The van der Waals surface area contributed by atoms with Gasteiger partial charge in [-0.1, -0.05) is 24.6 Å². The van der Waals surface area contributed by atoms with Gasteiger partial charge in [0.15, 0.2) is 0 Å². The first-order valence-corrected chi connectivity index (χ1v) is 7.84. The highest BCUT2D eigenvalue weighted by Gasteiger charge is 2.09. The Kier molecular flexibility index (Phi) is 5.57. The molecule has 0 amide bonds. The van der Waals surface area contributed by atoms with Crippen molar-refractivity contribution >= 4 is 11.8 Å². The molecule has 0 aliphatic carbocycles. The lowest BCUT2D eigenvalue weighted by atomic mass is 10.1. The Morgan fingerprint density at radius 2 is 1.94 bits per heavy atom. The number of rotatable bonds is 5. The van der Waals surface area contributed by atoms with Gasteiger partial charge < -0.3 is 4.90 Å². The molecule has 0 saturated carbocycles. The number of nitrogens with zero attached hydrogens (tertiary/aromatic N) is 2. The molecular weight excluding hydrogens is 240 g/mol. The molecule has 2 nitrogen and oxygen atoms in total. The van der Waals surface area contributed by atoms with Crippen molar-refractivity contribution in [1.29, 1.82) is 5.26 Å². The van der Waals surface area contributed by atoms with E-state index in [1.165, 1.54) is 50.2 Å². The van der Waals surface area contributed by atoms with Crippen LogP contribution >= 0.6 is 11.8 Å². The zero-order valence-corrected chi connectivity index (χ0v) is 11.6. The minimum absolute atomic E-state index is 0.822. The molecule has 1 saturated heterocycles. The Labute approximate surface area is 114 Å². The van der Waals surface area contributed by atoms with Crippen LogP contribution in [0.1, 0.15) is 30.4 Å². The second-order valence-corrected chi connectivity index (χ2v) is 5.83. The highest BCUT2D eigenvalue weighted by Crippen LogP contribution is 2.17. The summed E-state index contributed by atoms with van der Waals surface area (Å²) in [6, 6.07) is 10.2. The molecule has 0 spiro atoms. The molecule has 0 N–H and O–H groups in total. The fourth-order valence-electron chi connectivity index (χ4n) is 2.31. The monoisotopic (exact) mass is 260 g/mol. The summed E-state index contributed by atoms with van der Waals surface area (Å²) in [4.78, 5) is 2.56. The highest BCUT2D eigenvalue weighted by atomic mass is 32.2. The molecule has 2 rings (SSSR count). The van der Waals surface area contributed by atoms with E-state index in [2.05, 4.69) is 17.0 Å². The number of thioether (sulfide) groups is 1. The molecule has 96 valence electrons. The van der Waals surface area contributed by atoms with Crippen molar-refractivity contribution in [3.8, 4) is 6.07 Å². The van der Waals surface area contributed by atoms with Gasteiger partial charge in [0, 0.05) is 18.1 Å². The zero-order chi connectivity index (χ0) is 12.6. The second-order valence-electron chi connectivity index (χ2n) is 4.72. The molecule has 0 radical (unpaired) electrons. The fraction of sp³-hybridized carbons (Fsp3) is 0.533. The van der Waals surface area contributed by atoms with Crippen LogP contribution < -0.4 is 0 Å². The van der Waals surface area contributed by atoms with Crippen LogP contribution in [0.3, 0.4) is 0 Å². The Morgan fingerprint density at radius 1 is 1.17 bits per heavy atom. The van der Waals surface area contributed by atoms with Crippen molar-refractivity contribution in [2.75, 3.05) is 25.4 Å². The Bertz CT molecular complexity index is 405. The maximum Gasteiger partial charge on any atom is 0.0994 e. The van der Waals surface area contributed by atoms with Crippen LogP contribution in [0.25, 0.3) is 0 Å². The minimum Gasteiger partial charge on any atom is -0.303 e. The number of likely N-dealkylation sites (tertiary alicyclic amines) is 1. The molecule has 1 heterocycles. The third-order valence-corrected chi connectivity index (χ3v) is 4.38. The van der Waals surface area contributed by atoms with E-state index in [1.54, 1.807) is 0 Å². The fourth-order valence-corrected chi connectivity index (χ4v) is 3.32. The molecule has 18 heavy (non-hydrogen) atoms. The molecule has 3 heteroatoms. The van der Waals surface area contributed by atoms with E-state index in [0.717, 1.165) is 11.3 Å². The average Bonchev–Trinajstić information content (AvgIpc) is 2.45. The summed E-state index contributed by atoms with van der Waals surface area (Å²) < 4.78 is 0. The molecule has 1 aliphatic heterocycles. The van der Waals surface area contributed by atoms with Gasteiger partial charge >= 0.3 is 0 Å². The van der Waals surface area contributed by atoms with E-state index < -0.39 is 0 Å². The first-order valence-electron chi connectivity index (χ1n) is 6.68. The van der Waals surface area contributed by atoms with Crippen LogP contribution in [-0.4, -0.2) is 30.3 Å². The van der Waals surface area contributed by atoms with Crippen molar-refractivity contribution in [3.63, 3.8) is 0 Å². The average molecular weight is 260 g/mol. The summed E-state index contributed by atoms with van der Waals surface area (Å²) in [6.45, 7) is 3.74. The summed E-state index contributed by atoms with van der Waals surface area (Å²) in [7, 11) is 0. The van der Waals surface area contributed by atoms with E-state index in [1.807, 2.05) is 30.0 Å². The van der Waals surface area contributed by atoms with Crippen molar-refractivity contribution in [2.24, 2.45) is 0 Å². The van der Waals surface area contributed by atoms with Crippen LogP contribution in [-0.2, 0) is 5.75 Å². The first kappa shape index (κ1) is 13.5. The van der Waals surface area contributed by atoms with Crippen molar-refractivity contribution in [3.05, 3.63) is 35.4 Å². The van der Waals surface area contributed by atoms with Crippen LogP contribution in [0, 0.1) is 11.3 Å². The molecule has 1 aromatic carbocycles. The van der Waals surface area contributed by atoms with Crippen LogP contribution in [0.15, 0.2) is 24.3 Å². The van der Waals surface area contributed by atoms with Gasteiger partial charge in [0.1, 0.15) is 0 Å². The number of benzene rings is 1. The van der Waals surface area contributed by atoms with Crippen LogP contribution in [0.5, 0.6) is 0 Å². The predicted octanol–water partition coefficient (Wildman–Crippen LogP) is 3.28. The largest absolute Gasteiger partial charge is 0.303 e. The van der Waals surface area contributed by atoms with E-state index in [4.69, 9.17) is 5.26 Å². The summed E-state index contributed by atoms with van der Waals surface area (Å²) >= 11 is 1.94. The zero-order valence-electron chi connectivity index (χ0n) is 10.8. The van der Waals surface area contributed by atoms with Gasteiger partial charge in [-0.3, -0.25) is 0 Å². The third-order valence-electron chi connectivity index (χ3n) is 3.40. The van der Waals surface area contributed by atoms with Gasteiger partial charge in [-0.2, -0.15) is 17.0 Å². The van der Waals surface area contributed by atoms with Crippen LogP contribution in [0.4, 0.5) is 0 Å². The summed E-state index contributed by atoms with van der Waals surface area (Å²) in [6.07, 6.45) is 4.13. The number of hydrogen-bond acceptors (Lipinski definition) is 3. The Hall–Kier alpha value is -0.980. The van der Waals surface area contributed by atoms with Crippen molar-refractivity contribution in [1.82, 2.24) is 4.90 Å². The molecule has 0 atom stereocenters. The predicted molar refractivity (Wildman–Crippen MR) is 77.6 cm³/mol. The lowest BCUT2D eigenvalue weighted by molar-refractivity contribution is 0.242. The molecule has 0 bridgehead atoms. The van der Waals surface area contributed by atoms with Gasteiger partial charge in [0.2, 0.25) is 0 Å². The highest BCUT2D eigenvalue weighted by molar-refractivity contribution is 7.98. The molecule has 0 unspecified atom stereocenters. The number of piperidine rings is 1. The third kappa shape index (κ3) is 4.04. The van der Waals surface area contributed by atoms with Gasteiger partial charge in [0.05, 0.1) is 11.6 Å². The SMILES string of the molecule is N#Cc1ccccc1CSCCN1CCCCC1. The Balaban J connectivity index is 1.70. The lowest BCUT2D eigenvalue weighted by Gasteiger charge is -2.26. The van der Waals surface area contributed by atoms with E-state index in [-0.39, 0.29) is 0 Å². The summed E-state index contributed by atoms with van der Waals surface area (Å²) in [5.74, 6) is 2.12. The maximum absolute atomic E-state index is 9.01. The maximum atomic E-state index is 9.01. The van der Waals surface area contributed by atoms with E-state index in [9.17, 15) is 0 Å². The number of nitriles is 1. The quantitative estimate of drug-likeness (QED) is 0.760. The molecule has 1 fully saturated rings. The first-order chi connectivity index (χ1) is 8.90. The van der Waals surface area contributed by atoms with E-state index >= 15 is 0 Å². The standard InChI is InChI=1S/C15H20N2S/c16-12-14-6-2-3-7-15(14)13-18-11-10-17-8-4-1-5-9-17/h2-3,6-7H,1,4-5,8-11,13H2. The lowest BCUT2D eigenvalue weighted by Crippen LogP contribution is -2.31. The molecule has 0 aromatic heterocycles. The second kappa shape index (κ2) is 7.45. The topological polar surface area (TPSA) is 27.0 Å². The van der Waals surface area contributed by atoms with Gasteiger partial charge in [0.25, 0.3) is 0 Å². The van der Waals surface area contributed by atoms with E-state index in [0.29, 0.717) is 0 Å². The van der Waals surface area contributed by atoms with Gasteiger partial charge in [-0.15, -0.1) is 0 Å². The molecule has 1 aromatic rings. The van der Waals surface area contributed by atoms with Crippen molar-refractivity contribution in [2.45, 2.75) is 25.0 Å². The molecular formula is C15H20N2S. The van der Waals surface area contributed by atoms with Crippen LogP contribution in [0.2, 0.25) is 0 Å². The van der Waals surface area contributed by atoms with Gasteiger partial charge in [-0.25, -0.2) is 0 Å². The Morgan fingerprint density at radius 3 is 2.72 bits per heavy atom. The normalized spacial score (nSPS) is 16.4.